The van der Waals surface area contributed by atoms with Crippen molar-refractivity contribution in [2.24, 2.45) is 5.41 Å². The first-order chi connectivity index (χ1) is 6.38. The van der Waals surface area contributed by atoms with Gasteiger partial charge in [0, 0.05) is 12.2 Å². The molecule has 0 spiro atoms. The van der Waals surface area contributed by atoms with E-state index in [9.17, 15) is 4.39 Å². The minimum Gasteiger partial charge on any atom is -0.384 e. The van der Waals surface area contributed by atoms with Crippen LogP contribution in [-0.4, -0.2) is 6.54 Å². The molecule has 1 aromatic rings. The van der Waals surface area contributed by atoms with Gasteiger partial charge in [0.25, 0.3) is 0 Å². The molecule has 14 heavy (non-hydrogen) atoms. The lowest BCUT2D eigenvalue weighted by atomic mass is 9.97. The van der Waals surface area contributed by atoms with Crippen LogP contribution < -0.4 is 5.32 Å². The zero-order chi connectivity index (χ0) is 10.8. The Kier molecular flexibility index (Phi) is 3.14. The molecule has 2 heteroatoms. The van der Waals surface area contributed by atoms with E-state index in [1.807, 2.05) is 6.92 Å². The fraction of sp³-hybridized carbons (Fsp3) is 0.500. The number of aryl methyl sites for hydroxylation is 1. The van der Waals surface area contributed by atoms with Crippen molar-refractivity contribution in [3.8, 4) is 0 Å². The van der Waals surface area contributed by atoms with Crippen LogP contribution in [0, 0.1) is 18.2 Å². The van der Waals surface area contributed by atoms with Gasteiger partial charge in [-0.1, -0.05) is 26.8 Å². The highest BCUT2D eigenvalue weighted by atomic mass is 19.1. The van der Waals surface area contributed by atoms with Crippen LogP contribution in [0.15, 0.2) is 18.2 Å². The zero-order valence-corrected chi connectivity index (χ0v) is 9.32. The molecule has 78 valence electrons. The van der Waals surface area contributed by atoms with Crippen LogP contribution >= 0.6 is 0 Å². The van der Waals surface area contributed by atoms with E-state index in [-0.39, 0.29) is 11.2 Å². The Hall–Kier alpha value is -1.05. The van der Waals surface area contributed by atoms with Gasteiger partial charge >= 0.3 is 0 Å². The van der Waals surface area contributed by atoms with Crippen molar-refractivity contribution in [2.75, 3.05) is 11.9 Å². The van der Waals surface area contributed by atoms with Gasteiger partial charge in [0.2, 0.25) is 0 Å². The third-order valence-electron chi connectivity index (χ3n) is 2.01. The molecule has 1 aromatic carbocycles. The van der Waals surface area contributed by atoms with Crippen molar-refractivity contribution >= 4 is 5.69 Å². The summed E-state index contributed by atoms with van der Waals surface area (Å²) in [4.78, 5) is 0. The molecule has 0 saturated heterocycles. The van der Waals surface area contributed by atoms with Crippen LogP contribution in [0.2, 0.25) is 0 Å². The Morgan fingerprint density at radius 2 is 1.93 bits per heavy atom. The van der Waals surface area contributed by atoms with Crippen molar-refractivity contribution in [3.63, 3.8) is 0 Å². The molecule has 0 aliphatic rings. The Balaban J connectivity index is 2.72. The van der Waals surface area contributed by atoms with E-state index in [4.69, 9.17) is 0 Å². The first-order valence-electron chi connectivity index (χ1n) is 4.88. The molecular weight excluding hydrogens is 177 g/mol. The van der Waals surface area contributed by atoms with Crippen LogP contribution in [-0.2, 0) is 0 Å². The van der Waals surface area contributed by atoms with Gasteiger partial charge in [0.15, 0.2) is 0 Å². The number of hydrogen-bond acceptors (Lipinski definition) is 1. The SMILES string of the molecule is Cc1ccc(F)cc1NCC(C)(C)C. The maximum Gasteiger partial charge on any atom is 0.125 e. The van der Waals surface area contributed by atoms with Crippen LogP contribution in [0.25, 0.3) is 0 Å². The van der Waals surface area contributed by atoms with Gasteiger partial charge in [-0.05, 0) is 30.0 Å². The van der Waals surface area contributed by atoms with E-state index in [2.05, 4.69) is 26.1 Å². The highest BCUT2D eigenvalue weighted by Gasteiger charge is 2.10. The Labute approximate surface area is 85.3 Å². The highest BCUT2D eigenvalue weighted by Crippen LogP contribution is 2.19. The summed E-state index contributed by atoms with van der Waals surface area (Å²) in [5.41, 5.74) is 2.18. The van der Waals surface area contributed by atoms with Crippen LogP contribution in [0.4, 0.5) is 10.1 Å². The topological polar surface area (TPSA) is 12.0 Å². The van der Waals surface area contributed by atoms with E-state index in [0.29, 0.717) is 0 Å². The number of nitrogens with one attached hydrogen (secondary N) is 1. The number of hydrogen-bond donors (Lipinski definition) is 1. The van der Waals surface area contributed by atoms with Crippen molar-refractivity contribution in [2.45, 2.75) is 27.7 Å². The molecule has 0 aliphatic heterocycles. The monoisotopic (exact) mass is 195 g/mol. The molecule has 0 fully saturated rings. The maximum atomic E-state index is 12.9. The summed E-state index contributed by atoms with van der Waals surface area (Å²) < 4.78 is 12.9. The van der Waals surface area contributed by atoms with Crippen LogP contribution in [0.3, 0.4) is 0 Å². The normalized spacial score (nSPS) is 11.5. The van der Waals surface area contributed by atoms with Crippen LogP contribution in [0.5, 0.6) is 0 Å². The molecular formula is C12H18FN. The van der Waals surface area contributed by atoms with E-state index in [1.165, 1.54) is 6.07 Å². The Morgan fingerprint density at radius 1 is 1.29 bits per heavy atom. The predicted octanol–water partition coefficient (Wildman–Crippen LogP) is 3.59. The lowest BCUT2D eigenvalue weighted by molar-refractivity contribution is 0.443. The smallest absolute Gasteiger partial charge is 0.125 e. The first kappa shape index (κ1) is 11.0. The van der Waals surface area contributed by atoms with Crippen LogP contribution in [0.1, 0.15) is 26.3 Å². The van der Waals surface area contributed by atoms with E-state index < -0.39 is 0 Å². The third kappa shape index (κ3) is 3.36. The Bertz CT molecular complexity index is 313. The van der Waals surface area contributed by atoms with E-state index in [0.717, 1.165) is 17.8 Å². The predicted molar refractivity (Wildman–Crippen MR) is 59.1 cm³/mol. The molecule has 0 atom stereocenters. The number of rotatable bonds is 2. The molecule has 1 nitrogen and oxygen atoms in total. The molecule has 0 amide bonds. The second-order valence-corrected chi connectivity index (χ2v) is 4.87. The van der Waals surface area contributed by atoms with Gasteiger partial charge < -0.3 is 5.32 Å². The maximum absolute atomic E-state index is 12.9. The molecule has 0 saturated carbocycles. The quantitative estimate of drug-likeness (QED) is 0.760. The molecule has 0 aliphatic carbocycles. The summed E-state index contributed by atoms with van der Waals surface area (Å²) >= 11 is 0. The summed E-state index contributed by atoms with van der Waals surface area (Å²) in [5, 5.41) is 3.25. The molecule has 1 N–H and O–H groups in total. The summed E-state index contributed by atoms with van der Waals surface area (Å²) in [7, 11) is 0. The molecule has 1 rings (SSSR count). The standard InChI is InChI=1S/C12H18FN/c1-9-5-6-10(13)7-11(9)14-8-12(2,3)4/h5-7,14H,8H2,1-4H3. The number of benzene rings is 1. The van der Waals surface area contributed by atoms with Crippen molar-refractivity contribution in [3.05, 3.63) is 29.6 Å². The molecule has 0 heterocycles. The first-order valence-corrected chi connectivity index (χ1v) is 4.88. The summed E-state index contributed by atoms with van der Waals surface area (Å²) in [5.74, 6) is -0.188. The lowest BCUT2D eigenvalue weighted by Crippen LogP contribution is -2.19. The average molecular weight is 195 g/mol. The second kappa shape index (κ2) is 3.99. The van der Waals surface area contributed by atoms with Crippen molar-refractivity contribution in [1.82, 2.24) is 0 Å². The minimum atomic E-state index is -0.188. The van der Waals surface area contributed by atoms with Gasteiger partial charge in [0.05, 0.1) is 0 Å². The highest BCUT2D eigenvalue weighted by molar-refractivity contribution is 5.50. The van der Waals surface area contributed by atoms with Crippen molar-refractivity contribution in [1.29, 1.82) is 0 Å². The van der Waals surface area contributed by atoms with E-state index in [1.54, 1.807) is 12.1 Å². The third-order valence-corrected chi connectivity index (χ3v) is 2.01. The van der Waals surface area contributed by atoms with Crippen molar-refractivity contribution < 1.29 is 4.39 Å². The largest absolute Gasteiger partial charge is 0.384 e. The summed E-state index contributed by atoms with van der Waals surface area (Å²) in [6.45, 7) is 9.26. The molecule has 0 bridgehead atoms. The lowest BCUT2D eigenvalue weighted by Gasteiger charge is -2.20. The van der Waals surface area contributed by atoms with Gasteiger partial charge in [-0.25, -0.2) is 4.39 Å². The zero-order valence-electron chi connectivity index (χ0n) is 9.32. The molecule has 0 radical (unpaired) electrons. The van der Waals surface area contributed by atoms with Gasteiger partial charge in [-0.3, -0.25) is 0 Å². The fourth-order valence-electron chi connectivity index (χ4n) is 1.15. The van der Waals surface area contributed by atoms with Gasteiger partial charge in [0.1, 0.15) is 5.82 Å². The number of anilines is 1. The number of halogens is 1. The molecule has 0 unspecified atom stereocenters. The fourth-order valence-corrected chi connectivity index (χ4v) is 1.15. The molecule has 0 aromatic heterocycles. The van der Waals surface area contributed by atoms with Gasteiger partial charge in [-0.2, -0.15) is 0 Å². The van der Waals surface area contributed by atoms with Gasteiger partial charge in [-0.15, -0.1) is 0 Å². The Morgan fingerprint density at radius 3 is 2.50 bits per heavy atom. The summed E-state index contributed by atoms with van der Waals surface area (Å²) in [6, 6.07) is 4.82. The van der Waals surface area contributed by atoms with E-state index >= 15 is 0 Å². The average Bonchev–Trinajstić information content (AvgIpc) is 2.05. The second-order valence-electron chi connectivity index (χ2n) is 4.87. The summed E-state index contributed by atoms with van der Waals surface area (Å²) in [6.07, 6.45) is 0. The minimum absolute atomic E-state index is 0.188.